The Morgan fingerprint density at radius 2 is 1.10 bits per heavy atom. The zero-order valence-electron chi connectivity index (χ0n) is 18.8. The first kappa shape index (κ1) is 33.7. The number of unbranched alkanes of at least 4 members (excludes halogenated alkanes) is 15. The van der Waals surface area contributed by atoms with E-state index in [1.54, 1.807) is 0 Å². The van der Waals surface area contributed by atoms with Crippen LogP contribution in [-0.2, 0) is 19.4 Å². The Labute approximate surface area is 201 Å². The van der Waals surface area contributed by atoms with Gasteiger partial charge >= 0.3 is 29.6 Å². The predicted molar refractivity (Wildman–Crippen MR) is 115 cm³/mol. The normalized spacial score (nSPS) is 10.6. The van der Waals surface area contributed by atoms with Crippen LogP contribution in [0.5, 0.6) is 0 Å². The van der Waals surface area contributed by atoms with E-state index in [4.69, 9.17) is 0 Å². The summed E-state index contributed by atoms with van der Waals surface area (Å²) in [5.74, 6) is -0.481. The minimum atomic E-state index is -4.49. The summed E-state index contributed by atoms with van der Waals surface area (Å²) in [5.41, 5.74) is 4.53. The van der Waals surface area contributed by atoms with Crippen LogP contribution in [0.4, 0.5) is 0 Å². The Bertz CT molecular complexity index is 458. The first-order valence-electron chi connectivity index (χ1n) is 10.9. The van der Waals surface area contributed by atoms with Crippen LogP contribution < -0.4 is 35.3 Å². The average Bonchev–Trinajstić information content (AvgIpc) is 2.64. The molecule has 0 bridgehead atoms. The number of rotatable bonds is 19. The van der Waals surface area contributed by atoms with Crippen molar-refractivity contribution in [3.63, 3.8) is 0 Å². The van der Waals surface area contributed by atoms with Crippen LogP contribution >= 0.6 is 0 Å². The van der Waals surface area contributed by atoms with Gasteiger partial charge in [0.25, 0.3) is 0 Å². The van der Waals surface area contributed by atoms with Crippen molar-refractivity contribution in [2.24, 2.45) is 5.73 Å². The van der Waals surface area contributed by atoms with Gasteiger partial charge in [-0.1, -0.05) is 110 Å². The summed E-state index contributed by atoms with van der Waals surface area (Å²) in [6, 6.07) is 0. The van der Waals surface area contributed by atoms with Gasteiger partial charge in [0.05, 0.1) is 6.61 Å². The van der Waals surface area contributed by atoms with Gasteiger partial charge in [-0.2, -0.15) is 0 Å². The van der Waals surface area contributed by atoms with Crippen molar-refractivity contribution in [3.8, 4) is 0 Å². The van der Waals surface area contributed by atoms with Crippen LogP contribution in [0.2, 0.25) is 0 Å². The molecule has 1 amide bonds. The molecule has 0 saturated carbocycles. The number of amides is 1. The third kappa shape index (κ3) is 39.2. The standard InChI is InChI=1S/C18H38O4S.C3H5NO.Na/c1-2-3-4-5-6-7-8-9-10-11-12-13-14-15-16-17-18-22-23(19,20)21;1-2-3(4)5;/h2-18H2,1H3,(H,19,20,21);2H,1H2,(H2,4,5);/q;;+1/p-1. The second-order valence-electron chi connectivity index (χ2n) is 7.14. The minimum absolute atomic E-state index is 0. The van der Waals surface area contributed by atoms with Crippen LogP contribution in [0.15, 0.2) is 12.7 Å². The summed E-state index contributed by atoms with van der Waals surface area (Å²) in [6.45, 7) is 5.38. The number of hydrogen-bond donors (Lipinski definition) is 1. The number of nitrogens with two attached hydrogens (primary N) is 1. The molecule has 0 atom stereocenters. The molecular formula is C21H42NNaO5S. The molecule has 0 aliphatic carbocycles. The summed E-state index contributed by atoms with van der Waals surface area (Å²) in [7, 11) is -4.49. The van der Waals surface area contributed by atoms with Crippen molar-refractivity contribution in [1.29, 1.82) is 0 Å². The molecule has 0 unspecified atom stereocenters. The van der Waals surface area contributed by atoms with E-state index in [9.17, 15) is 17.8 Å². The number of carbonyl (C=O) groups excluding carboxylic acids is 1. The van der Waals surface area contributed by atoms with Gasteiger partial charge in [-0.3, -0.25) is 8.98 Å². The molecule has 0 aromatic heterocycles. The molecule has 0 aromatic rings. The molecule has 2 N–H and O–H groups in total. The van der Waals surface area contributed by atoms with Gasteiger partial charge in [0.1, 0.15) is 0 Å². The number of primary amides is 1. The summed E-state index contributed by atoms with van der Waals surface area (Å²) in [4.78, 5) is 9.47. The maximum atomic E-state index is 10.2. The summed E-state index contributed by atoms with van der Waals surface area (Å²) < 4.78 is 34.8. The third-order valence-electron chi connectivity index (χ3n) is 4.43. The van der Waals surface area contributed by atoms with Crippen molar-refractivity contribution < 1.29 is 51.5 Å². The van der Waals surface area contributed by atoms with Gasteiger partial charge in [-0.15, -0.1) is 0 Å². The van der Waals surface area contributed by atoms with Crippen molar-refractivity contribution in [1.82, 2.24) is 0 Å². The molecule has 0 rings (SSSR count). The molecule has 0 aliphatic heterocycles. The molecule has 0 saturated heterocycles. The molecule has 0 spiro atoms. The molecule has 0 aromatic carbocycles. The van der Waals surface area contributed by atoms with Crippen molar-refractivity contribution in [3.05, 3.63) is 12.7 Å². The molecule has 29 heavy (non-hydrogen) atoms. The van der Waals surface area contributed by atoms with E-state index in [0.717, 1.165) is 18.9 Å². The Morgan fingerprint density at radius 3 is 1.34 bits per heavy atom. The number of hydrogen-bond acceptors (Lipinski definition) is 5. The Balaban J connectivity index is -0.000000997. The first-order valence-corrected chi connectivity index (χ1v) is 12.2. The summed E-state index contributed by atoms with van der Waals surface area (Å²) >= 11 is 0. The van der Waals surface area contributed by atoms with Crippen LogP contribution in [0.1, 0.15) is 110 Å². The largest absolute Gasteiger partial charge is 1.00 e. The van der Waals surface area contributed by atoms with Crippen LogP contribution in [0.3, 0.4) is 0 Å². The van der Waals surface area contributed by atoms with Crippen molar-refractivity contribution in [2.75, 3.05) is 6.61 Å². The summed E-state index contributed by atoms with van der Waals surface area (Å²) in [6.07, 6.45) is 21.4. The fraction of sp³-hybridized carbons (Fsp3) is 0.857. The molecule has 8 heteroatoms. The van der Waals surface area contributed by atoms with Gasteiger partial charge in [-0.25, -0.2) is 8.42 Å². The van der Waals surface area contributed by atoms with Gasteiger partial charge in [0.15, 0.2) is 0 Å². The average molecular weight is 444 g/mol. The number of carbonyl (C=O) groups is 1. The van der Waals surface area contributed by atoms with Crippen LogP contribution in [0, 0.1) is 0 Å². The van der Waals surface area contributed by atoms with E-state index < -0.39 is 16.3 Å². The second-order valence-corrected chi connectivity index (χ2v) is 8.19. The zero-order valence-corrected chi connectivity index (χ0v) is 21.6. The van der Waals surface area contributed by atoms with E-state index in [0.29, 0.717) is 6.42 Å². The molecule has 0 fully saturated rings. The minimum Gasteiger partial charge on any atom is -0.726 e. The maximum Gasteiger partial charge on any atom is 1.00 e. The monoisotopic (exact) mass is 443 g/mol. The zero-order chi connectivity index (χ0) is 21.5. The smallest absolute Gasteiger partial charge is 0.726 e. The molecule has 0 heterocycles. The fourth-order valence-electron chi connectivity index (χ4n) is 2.81. The van der Waals surface area contributed by atoms with Gasteiger partial charge in [0.2, 0.25) is 16.3 Å². The quantitative estimate of drug-likeness (QED) is 0.108. The van der Waals surface area contributed by atoms with E-state index in [1.807, 2.05) is 0 Å². The van der Waals surface area contributed by atoms with Gasteiger partial charge in [-0.05, 0) is 12.5 Å². The Morgan fingerprint density at radius 1 is 0.828 bits per heavy atom. The molecular weight excluding hydrogens is 401 g/mol. The Kier molecular flexibility index (Phi) is 30.4. The van der Waals surface area contributed by atoms with Crippen molar-refractivity contribution >= 4 is 16.3 Å². The van der Waals surface area contributed by atoms with Crippen LogP contribution in [0.25, 0.3) is 0 Å². The maximum absolute atomic E-state index is 10.2. The molecule has 0 radical (unpaired) electrons. The fourth-order valence-corrected chi connectivity index (χ4v) is 3.13. The van der Waals surface area contributed by atoms with E-state index in [-0.39, 0.29) is 36.2 Å². The first-order chi connectivity index (χ1) is 13.3. The topological polar surface area (TPSA) is 110 Å². The molecule has 168 valence electrons. The van der Waals surface area contributed by atoms with E-state index in [1.165, 1.54) is 83.5 Å². The summed E-state index contributed by atoms with van der Waals surface area (Å²) in [5, 5.41) is 0. The van der Waals surface area contributed by atoms with Crippen molar-refractivity contribution in [2.45, 2.75) is 110 Å². The third-order valence-corrected chi connectivity index (χ3v) is 4.88. The van der Waals surface area contributed by atoms with E-state index >= 15 is 0 Å². The van der Waals surface area contributed by atoms with E-state index in [2.05, 4.69) is 23.4 Å². The molecule has 6 nitrogen and oxygen atoms in total. The molecule has 0 aliphatic rings. The SMILES string of the molecule is C=CC(N)=O.CCCCCCCCCCCCCCCCCCOS(=O)(=O)[O-].[Na+]. The van der Waals surface area contributed by atoms with Gasteiger partial charge in [0, 0.05) is 0 Å². The Hall–Kier alpha value is 0.0800. The van der Waals surface area contributed by atoms with Gasteiger partial charge < -0.3 is 10.3 Å². The predicted octanol–water partition coefficient (Wildman–Crippen LogP) is 2.39. The van der Waals surface area contributed by atoms with Crippen LogP contribution in [-0.4, -0.2) is 25.5 Å². The second kappa shape index (κ2) is 26.1.